The van der Waals surface area contributed by atoms with Gasteiger partial charge < -0.3 is 10.7 Å². The van der Waals surface area contributed by atoms with Crippen molar-refractivity contribution < 1.29 is 0 Å². The molecule has 0 unspecified atom stereocenters. The summed E-state index contributed by atoms with van der Waals surface area (Å²) in [6.45, 7) is 0.845. The second-order valence-electron chi connectivity index (χ2n) is 2.99. The van der Waals surface area contributed by atoms with E-state index in [4.69, 9.17) is 18.1 Å². The number of nitrogens with one attached hydrogen (secondary N) is 2. The van der Waals surface area contributed by atoms with Crippen LogP contribution in [0.4, 0.5) is 0 Å². The zero-order chi connectivity index (χ0) is 10.2. The molecule has 76 valence electrons. The van der Waals surface area contributed by atoms with Gasteiger partial charge in [0.1, 0.15) is 0 Å². The Kier molecular flexibility index (Phi) is 4.96. The van der Waals surface area contributed by atoms with Gasteiger partial charge in [0, 0.05) is 6.54 Å². The second-order valence-corrected chi connectivity index (χ2v) is 3.40. The number of aryl methyl sites for hydroxylation is 1. The van der Waals surface area contributed by atoms with Crippen molar-refractivity contribution in [3.63, 3.8) is 0 Å². The molecule has 1 aromatic carbocycles. The molecule has 0 bridgehead atoms. The second kappa shape index (κ2) is 6.34. The van der Waals surface area contributed by atoms with Crippen LogP contribution >= 0.6 is 12.2 Å². The maximum Gasteiger partial charge on any atom is 0.180 e. The van der Waals surface area contributed by atoms with Gasteiger partial charge in [-0.2, -0.15) is 0 Å². The molecule has 0 aromatic heterocycles. The zero-order valence-corrected chi connectivity index (χ0v) is 8.81. The zero-order valence-electron chi connectivity index (χ0n) is 7.99. The van der Waals surface area contributed by atoms with Gasteiger partial charge in [-0.3, -0.25) is 0 Å². The summed E-state index contributed by atoms with van der Waals surface area (Å²) in [5.41, 5.74) is 3.73. The smallest absolute Gasteiger partial charge is 0.180 e. The molecule has 0 radical (unpaired) electrons. The first kappa shape index (κ1) is 10.9. The predicted octanol–water partition coefficient (Wildman–Crippen LogP) is 0.957. The molecule has 0 heterocycles. The molecule has 0 spiro atoms. The minimum absolute atomic E-state index is 0.498. The number of nitrogens with two attached hydrogens (primary N) is 1. The lowest BCUT2D eigenvalue weighted by Crippen LogP contribution is -2.40. The van der Waals surface area contributed by atoms with Crippen LogP contribution in [-0.2, 0) is 6.42 Å². The number of benzene rings is 1. The highest BCUT2D eigenvalue weighted by molar-refractivity contribution is 7.80. The van der Waals surface area contributed by atoms with Crippen LogP contribution in [0.15, 0.2) is 30.3 Å². The van der Waals surface area contributed by atoms with Gasteiger partial charge in [0.15, 0.2) is 5.11 Å². The minimum atomic E-state index is 0.498. The maximum absolute atomic E-state index is 5.11. The fourth-order valence-electron chi connectivity index (χ4n) is 1.19. The summed E-state index contributed by atoms with van der Waals surface area (Å²) in [7, 11) is 0. The van der Waals surface area contributed by atoms with Crippen LogP contribution < -0.4 is 16.6 Å². The Hall–Kier alpha value is -1.13. The largest absolute Gasteiger partial charge is 0.362 e. The van der Waals surface area contributed by atoms with E-state index in [1.165, 1.54) is 5.56 Å². The van der Waals surface area contributed by atoms with Crippen LogP contribution in [0, 0.1) is 0 Å². The first-order chi connectivity index (χ1) is 6.83. The lowest BCUT2D eigenvalue weighted by molar-refractivity contribution is 0.761. The Morgan fingerprint density at radius 1 is 1.29 bits per heavy atom. The predicted molar refractivity (Wildman–Crippen MR) is 62.7 cm³/mol. The molecule has 0 fully saturated rings. The number of hydrazine groups is 1. The van der Waals surface area contributed by atoms with E-state index in [2.05, 4.69) is 35.0 Å². The minimum Gasteiger partial charge on any atom is -0.362 e. The molecule has 4 N–H and O–H groups in total. The van der Waals surface area contributed by atoms with E-state index in [-0.39, 0.29) is 0 Å². The highest BCUT2D eigenvalue weighted by atomic mass is 32.1. The number of hydrogen-bond donors (Lipinski definition) is 3. The highest BCUT2D eigenvalue weighted by Crippen LogP contribution is 2.01. The third kappa shape index (κ3) is 4.20. The van der Waals surface area contributed by atoms with Crippen molar-refractivity contribution >= 4 is 17.3 Å². The van der Waals surface area contributed by atoms with Gasteiger partial charge in [-0.25, -0.2) is 5.84 Å². The quantitative estimate of drug-likeness (QED) is 0.299. The molecule has 1 rings (SSSR count). The van der Waals surface area contributed by atoms with Crippen molar-refractivity contribution in [2.24, 2.45) is 5.84 Å². The van der Waals surface area contributed by atoms with E-state index < -0.39 is 0 Å². The normalized spacial score (nSPS) is 9.50. The van der Waals surface area contributed by atoms with E-state index in [1.807, 2.05) is 6.07 Å². The SMILES string of the molecule is NNC(=S)NCCCc1ccccc1. The van der Waals surface area contributed by atoms with Crippen molar-refractivity contribution in [2.45, 2.75) is 12.8 Å². The molecule has 1 aromatic rings. The Morgan fingerprint density at radius 3 is 2.64 bits per heavy atom. The van der Waals surface area contributed by atoms with Crippen LogP contribution in [0.5, 0.6) is 0 Å². The van der Waals surface area contributed by atoms with Gasteiger partial charge in [-0.05, 0) is 30.6 Å². The monoisotopic (exact) mass is 209 g/mol. The maximum atomic E-state index is 5.11. The van der Waals surface area contributed by atoms with Crippen LogP contribution in [-0.4, -0.2) is 11.7 Å². The first-order valence-electron chi connectivity index (χ1n) is 4.61. The van der Waals surface area contributed by atoms with Crippen molar-refractivity contribution in [2.75, 3.05) is 6.54 Å². The molecule has 3 nitrogen and oxygen atoms in total. The molecule has 0 aliphatic rings. The summed E-state index contributed by atoms with van der Waals surface area (Å²) in [6, 6.07) is 10.4. The molecule has 0 aliphatic carbocycles. The average Bonchev–Trinajstić information content (AvgIpc) is 2.25. The fourth-order valence-corrected chi connectivity index (χ4v) is 1.29. The van der Waals surface area contributed by atoms with Gasteiger partial charge >= 0.3 is 0 Å². The molecular formula is C10H15N3S. The van der Waals surface area contributed by atoms with Crippen LogP contribution in [0.3, 0.4) is 0 Å². The fraction of sp³-hybridized carbons (Fsp3) is 0.300. The third-order valence-corrected chi connectivity index (χ3v) is 2.16. The van der Waals surface area contributed by atoms with E-state index in [0.717, 1.165) is 19.4 Å². The van der Waals surface area contributed by atoms with Crippen molar-refractivity contribution in [1.82, 2.24) is 10.7 Å². The number of hydrogen-bond acceptors (Lipinski definition) is 2. The molecule has 4 heteroatoms. The van der Waals surface area contributed by atoms with Crippen molar-refractivity contribution in [1.29, 1.82) is 0 Å². The van der Waals surface area contributed by atoms with Gasteiger partial charge in [-0.15, -0.1) is 0 Å². The molecule has 0 atom stereocenters. The topological polar surface area (TPSA) is 50.1 Å². The van der Waals surface area contributed by atoms with Gasteiger partial charge in [0.05, 0.1) is 0 Å². The summed E-state index contributed by atoms with van der Waals surface area (Å²) in [6.07, 6.45) is 2.10. The third-order valence-electron chi connectivity index (χ3n) is 1.90. The summed E-state index contributed by atoms with van der Waals surface area (Å²) in [5, 5.41) is 3.50. The summed E-state index contributed by atoms with van der Waals surface area (Å²) >= 11 is 4.84. The molecule has 14 heavy (non-hydrogen) atoms. The number of thiocarbonyl (C=S) groups is 1. The molecule has 0 saturated heterocycles. The Balaban J connectivity index is 2.13. The van der Waals surface area contributed by atoms with Gasteiger partial charge in [-0.1, -0.05) is 30.3 Å². The van der Waals surface area contributed by atoms with Gasteiger partial charge in [0.25, 0.3) is 0 Å². The summed E-state index contributed by atoms with van der Waals surface area (Å²) < 4.78 is 0. The molecule has 0 saturated carbocycles. The standard InChI is InChI=1S/C10H15N3S/c11-13-10(14)12-8-4-7-9-5-2-1-3-6-9/h1-3,5-6H,4,7-8,11H2,(H2,12,13,14). The summed E-state index contributed by atoms with van der Waals surface area (Å²) in [5.74, 6) is 5.11. The van der Waals surface area contributed by atoms with E-state index in [1.54, 1.807) is 0 Å². The van der Waals surface area contributed by atoms with Crippen LogP contribution in [0.25, 0.3) is 0 Å². The number of rotatable bonds is 4. The highest BCUT2D eigenvalue weighted by Gasteiger charge is 1.93. The first-order valence-corrected chi connectivity index (χ1v) is 5.02. The Bertz CT molecular complexity index is 274. The summed E-state index contributed by atoms with van der Waals surface area (Å²) in [4.78, 5) is 0. The molecule has 0 amide bonds. The lowest BCUT2D eigenvalue weighted by atomic mass is 10.1. The Morgan fingerprint density at radius 2 is 2.00 bits per heavy atom. The van der Waals surface area contributed by atoms with E-state index in [0.29, 0.717) is 5.11 Å². The Labute approximate surface area is 89.7 Å². The van der Waals surface area contributed by atoms with Crippen LogP contribution in [0.1, 0.15) is 12.0 Å². The van der Waals surface area contributed by atoms with E-state index >= 15 is 0 Å². The van der Waals surface area contributed by atoms with E-state index in [9.17, 15) is 0 Å². The van der Waals surface area contributed by atoms with Gasteiger partial charge in [0.2, 0.25) is 0 Å². The van der Waals surface area contributed by atoms with Crippen molar-refractivity contribution in [3.05, 3.63) is 35.9 Å². The molecule has 0 aliphatic heterocycles. The van der Waals surface area contributed by atoms with Crippen LogP contribution in [0.2, 0.25) is 0 Å². The molecular weight excluding hydrogens is 194 g/mol. The lowest BCUT2D eigenvalue weighted by Gasteiger charge is -2.06. The average molecular weight is 209 g/mol. The van der Waals surface area contributed by atoms with Crippen molar-refractivity contribution in [3.8, 4) is 0 Å².